The molecule has 3 heteroatoms. The highest BCUT2D eigenvalue weighted by molar-refractivity contribution is 7.99. The molecule has 0 aliphatic heterocycles. The van der Waals surface area contributed by atoms with Crippen molar-refractivity contribution in [1.82, 2.24) is 5.32 Å². The second-order valence-corrected chi connectivity index (χ2v) is 6.51. The zero-order valence-electron chi connectivity index (χ0n) is 13.3. The van der Waals surface area contributed by atoms with Gasteiger partial charge in [-0.15, -0.1) is 11.8 Å². The minimum absolute atomic E-state index is 0.400. The van der Waals surface area contributed by atoms with Crippen LogP contribution in [0.5, 0.6) is 0 Å². The molecule has 0 amide bonds. The average Bonchev–Trinajstić information content (AvgIpc) is 2.50. The summed E-state index contributed by atoms with van der Waals surface area (Å²) in [5.41, 5.74) is 0.795. The van der Waals surface area contributed by atoms with Crippen LogP contribution in [-0.2, 0) is 0 Å². The molecule has 2 nitrogen and oxygen atoms in total. The zero-order chi connectivity index (χ0) is 15.0. The molecule has 1 unspecified atom stereocenters. The van der Waals surface area contributed by atoms with Gasteiger partial charge in [0.2, 0.25) is 0 Å². The molecule has 1 aromatic rings. The molecule has 1 atom stereocenters. The maximum Gasteiger partial charge on any atom is 0.0736 e. The Hall–Kier alpha value is -0.510. The van der Waals surface area contributed by atoms with Crippen molar-refractivity contribution in [2.24, 2.45) is 0 Å². The van der Waals surface area contributed by atoms with E-state index in [0.717, 1.165) is 31.6 Å². The van der Waals surface area contributed by atoms with Crippen LogP contribution in [0.2, 0.25) is 0 Å². The minimum Gasteiger partial charge on any atom is -0.389 e. The first-order valence-corrected chi connectivity index (χ1v) is 8.71. The fraction of sp³-hybridized carbons (Fsp3) is 0.647. The third-order valence-corrected chi connectivity index (χ3v) is 5.19. The molecular weight excluding hydrogens is 266 g/mol. The Morgan fingerprint density at radius 1 is 1.15 bits per heavy atom. The maximum atomic E-state index is 10.3. The summed E-state index contributed by atoms with van der Waals surface area (Å²) < 4.78 is 0. The van der Waals surface area contributed by atoms with E-state index in [2.05, 4.69) is 43.4 Å². The standard InChI is InChI=1S/C17H29NOS/c1-5-12-18-14(4)15-8-10-16(11-9-15)20-13-17(19,6-2)7-3/h8-11,14,18-19H,5-7,12-13H2,1-4H3. The smallest absolute Gasteiger partial charge is 0.0736 e. The lowest BCUT2D eigenvalue weighted by Gasteiger charge is -2.24. The predicted octanol–water partition coefficient (Wildman–Crippen LogP) is 4.39. The lowest BCUT2D eigenvalue weighted by atomic mass is 10.0. The fourth-order valence-electron chi connectivity index (χ4n) is 2.00. The largest absolute Gasteiger partial charge is 0.389 e. The van der Waals surface area contributed by atoms with Gasteiger partial charge in [0, 0.05) is 16.7 Å². The number of aliphatic hydroxyl groups is 1. The summed E-state index contributed by atoms with van der Waals surface area (Å²) in [4.78, 5) is 1.23. The third kappa shape index (κ3) is 5.47. The molecule has 0 aliphatic rings. The quantitative estimate of drug-likeness (QED) is 0.663. The van der Waals surface area contributed by atoms with E-state index in [0.29, 0.717) is 6.04 Å². The number of hydrogen-bond acceptors (Lipinski definition) is 3. The molecule has 114 valence electrons. The first-order valence-electron chi connectivity index (χ1n) is 7.73. The second kappa shape index (κ2) is 8.71. The Morgan fingerprint density at radius 3 is 2.25 bits per heavy atom. The summed E-state index contributed by atoms with van der Waals surface area (Å²) >= 11 is 1.74. The Bertz CT molecular complexity index is 373. The predicted molar refractivity (Wildman–Crippen MR) is 89.4 cm³/mol. The van der Waals surface area contributed by atoms with E-state index in [-0.39, 0.29) is 0 Å². The Balaban J connectivity index is 2.54. The fourth-order valence-corrected chi connectivity index (χ4v) is 3.18. The minimum atomic E-state index is -0.528. The summed E-state index contributed by atoms with van der Waals surface area (Å²) in [7, 11) is 0. The van der Waals surface area contributed by atoms with Gasteiger partial charge in [0.05, 0.1) is 5.60 Å². The second-order valence-electron chi connectivity index (χ2n) is 5.46. The van der Waals surface area contributed by atoms with Crippen LogP contribution in [0.4, 0.5) is 0 Å². The molecular formula is C17H29NOS. The number of benzene rings is 1. The average molecular weight is 295 g/mol. The number of rotatable bonds is 9. The molecule has 2 N–H and O–H groups in total. The highest BCUT2D eigenvalue weighted by Crippen LogP contribution is 2.27. The first-order chi connectivity index (χ1) is 9.54. The summed E-state index contributed by atoms with van der Waals surface area (Å²) in [6, 6.07) is 9.10. The summed E-state index contributed by atoms with van der Waals surface area (Å²) in [5.74, 6) is 0.767. The number of nitrogens with one attached hydrogen (secondary N) is 1. The van der Waals surface area contributed by atoms with Crippen LogP contribution in [0.3, 0.4) is 0 Å². The van der Waals surface area contributed by atoms with E-state index >= 15 is 0 Å². The van der Waals surface area contributed by atoms with E-state index < -0.39 is 5.60 Å². The monoisotopic (exact) mass is 295 g/mol. The molecule has 0 fully saturated rings. The Kier molecular flexibility index (Phi) is 7.63. The molecule has 0 radical (unpaired) electrons. The summed E-state index contributed by atoms with van der Waals surface area (Å²) in [5, 5.41) is 13.8. The van der Waals surface area contributed by atoms with Crippen molar-refractivity contribution in [1.29, 1.82) is 0 Å². The van der Waals surface area contributed by atoms with Crippen molar-refractivity contribution in [3.8, 4) is 0 Å². The van der Waals surface area contributed by atoms with Gasteiger partial charge in [-0.25, -0.2) is 0 Å². The topological polar surface area (TPSA) is 32.3 Å². The van der Waals surface area contributed by atoms with Crippen molar-refractivity contribution < 1.29 is 5.11 Å². The lowest BCUT2D eigenvalue weighted by molar-refractivity contribution is 0.0572. The van der Waals surface area contributed by atoms with Gasteiger partial charge in [-0.1, -0.05) is 32.9 Å². The van der Waals surface area contributed by atoms with Crippen LogP contribution in [0.1, 0.15) is 58.6 Å². The molecule has 0 spiro atoms. The van der Waals surface area contributed by atoms with Crippen molar-refractivity contribution in [3.05, 3.63) is 29.8 Å². The molecule has 0 saturated heterocycles. The number of hydrogen-bond donors (Lipinski definition) is 2. The van der Waals surface area contributed by atoms with Gasteiger partial charge in [0.15, 0.2) is 0 Å². The highest BCUT2D eigenvalue weighted by atomic mass is 32.2. The molecule has 0 bridgehead atoms. The van der Waals surface area contributed by atoms with E-state index in [9.17, 15) is 5.11 Å². The number of thioether (sulfide) groups is 1. The van der Waals surface area contributed by atoms with Crippen molar-refractivity contribution >= 4 is 11.8 Å². The lowest BCUT2D eigenvalue weighted by Crippen LogP contribution is -2.29. The van der Waals surface area contributed by atoms with Crippen LogP contribution in [-0.4, -0.2) is 23.0 Å². The molecule has 0 saturated carbocycles. The van der Waals surface area contributed by atoms with Gasteiger partial charge >= 0.3 is 0 Å². The van der Waals surface area contributed by atoms with E-state index in [1.54, 1.807) is 11.8 Å². The normalized spacial score (nSPS) is 13.4. The first kappa shape index (κ1) is 17.5. The maximum absolute atomic E-state index is 10.3. The molecule has 1 aromatic carbocycles. The highest BCUT2D eigenvalue weighted by Gasteiger charge is 2.22. The van der Waals surface area contributed by atoms with Gasteiger partial charge in [-0.2, -0.15) is 0 Å². The van der Waals surface area contributed by atoms with Gasteiger partial charge in [0.25, 0.3) is 0 Å². The molecule has 1 rings (SSSR count). The van der Waals surface area contributed by atoms with Gasteiger partial charge in [0.1, 0.15) is 0 Å². The van der Waals surface area contributed by atoms with E-state index in [1.807, 2.05) is 13.8 Å². The molecule has 0 aliphatic carbocycles. The van der Waals surface area contributed by atoms with E-state index in [4.69, 9.17) is 0 Å². The third-order valence-electron chi connectivity index (χ3n) is 3.90. The van der Waals surface area contributed by atoms with Crippen LogP contribution < -0.4 is 5.32 Å². The van der Waals surface area contributed by atoms with Gasteiger partial charge in [-0.3, -0.25) is 0 Å². The van der Waals surface area contributed by atoms with Crippen LogP contribution in [0, 0.1) is 0 Å². The molecule has 20 heavy (non-hydrogen) atoms. The van der Waals surface area contributed by atoms with Crippen LogP contribution in [0.25, 0.3) is 0 Å². The Morgan fingerprint density at radius 2 is 1.75 bits per heavy atom. The van der Waals surface area contributed by atoms with Crippen molar-refractivity contribution in [3.63, 3.8) is 0 Å². The van der Waals surface area contributed by atoms with Gasteiger partial charge < -0.3 is 10.4 Å². The van der Waals surface area contributed by atoms with E-state index in [1.165, 1.54) is 10.5 Å². The molecule has 0 heterocycles. The van der Waals surface area contributed by atoms with Crippen molar-refractivity contribution in [2.75, 3.05) is 12.3 Å². The summed E-state index contributed by atoms with van der Waals surface area (Å²) in [6.45, 7) is 9.53. The molecule has 0 aromatic heterocycles. The Labute approximate surface area is 128 Å². The zero-order valence-corrected chi connectivity index (χ0v) is 14.1. The van der Waals surface area contributed by atoms with Gasteiger partial charge in [-0.05, 0) is 50.4 Å². The van der Waals surface area contributed by atoms with Crippen molar-refractivity contribution in [2.45, 2.75) is 63.5 Å². The summed E-state index contributed by atoms with van der Waals surface area (Å²) in [6.07, 6.45) is 2.78. The van der Waals surface area contributed by atoms with Crippen LogP contribution >= 0.6 is 11.8 Å². The van der Waals surface area contributed by atoms with Crippen LogP contribution in [0.15, 0.2) is 29.2 Å². The SMILES string of the molecule is CCCNC(C)c1ccc(SCC(O)(CC)CC)cc1.